The molecule has 0 unspecified atom stereocenters. The molecule has 0 bridgehead atoms. The maximum absolute atomic E-state index is 11.7. The number of carbonyl (C=O) groups is 1. The molecule has 0 fully saturated rings. The van der Waals surface area contributed by atoms with Crippen molar-refractivity contribution in [1.29, 1.82) is 5.26 Å². The van der Waals surface area contributed by atoms with Gasteiger partial charge in [-0.05, 0) is 50.6 Å². The second kappa shape index (κ2) is 9.18. The summed E-state index contributed by atoms with van der Waals surface area (Å²) >= 11 is 1.43. The number of nitrogens with zero attached hydrogens (tertiary/aromatic N) is 2. The van der Waals surface area contributed by atoms with Crippen LogP contribution in [-0.2, 0) is 4.74 Å². The van der Waals surface area contributed by atoms with Gasteiger partial charge in [0, 0.05) is 22.8 Å². The Morgan fingerprint density at radius 1 is 1.24 bits per heavy atom. The number of aryl methyl sites for hydroxylation is 2. The molecule has 3 aromatic rings. The lowest BCUT2D eigenvalue weighted by Gasteiger charge is -2.05. The first-order valence-corrected chi connectivity index (χ1v) is 10.1. The van der Waals surface area contributed by atoms with Crippen LogP contribution in [0.15, 0.2) is 54.0 Å². The molecule has 0 saturated heterocycles. The number of nitriles is 1. The first kappa shape index (κ1) is 20.3. The van der Waals surface area contributed by atoms with Crippen molar-refractivity contribution in [1.82, 2.24) is 4.98 Å². The van der Waals surface area contributed by atoms with E-state index >= 15 is 0 Å². The van der Waals surface area contributed by atoms with Gasteiger partial charge in [0.25, 0.3) is 0 Å². The molecule has 0 radical (unpaired) electrons. The van der Waals surface area contributed by atoms with Crippen molar-refractivity contribution in [3.63, 3.8) is 0 Å². The molecule has 6 heteroatoms. The van der Waals surface area contributed by atoms with Crippen molar-refractivity contribution in [3.05, 3.63) is 75.7 Å². The van der Waals surface area contributed by atoms with Crippen LogP contribution in [0.1, 0.15) is 33.4 Å². The maximum Gasteiger partial charge on any atom is 0.338 e. The van der Waals surface area contributed by atoms with E-state index in [-0.39, 0.29) is 5.97 Å². The minimum atomic E-state index is -0.353. The highest BCUT2D eigenvalue weighted by molar-refractivity contribution is 7.11. The first-order chi connectivity index (χ1) is 14.0. The quantitative estimate of drug-likeness (QED) is 0.429. The molecule has 29 heavy (non-hydrogen) atoms. The topological polar surface area (TPSA) is 75.0 Å². The monoisotopic (exact) mass is 403 g/mol. The summed E-state index contributed by atoms with van der Waals surface area (Å²) in [5, 5.41) is 15.3. The minimum Gasteiger partial charge on any atom is -0.462 e. The fourth-order valence-electron chi connectivity index (χ4n) is 2.84. The molecule has 0 aliphatic rings. The van der Waals surface area contributed by atoms with Crippen LogP contribution in [0.4, 0.5) is 5.69 Å². The SMILES string of the molecule is CCOC(=O)c1ccc(N/C=C(/C#N)c2nc(-c3ccc(C)cc3C)cs2)cc1. The first-order valence-electron chi connectivity index (χ1n) is 9.19. The third-order valence-corrected chi connectivity index (χ3v) is 5.17. The molecule has 3 rings (SSSR count). The Balaban J connectivity index is 1.76. The Kier molecular flexibility index (Phi) is 6.43. The number of rotatable bonds is 6. The smallest absolute Gasteiger partial charge is 0.338 e. The van der Waals surface area contributed by atoms with Crippen LogP contribution < -0.4 is 5.32 Å². The molecule has 146 valence electrons. The Labute approximate surface area is 174 Å². The summed E-state index contributed by atoms with van der Waals surface area (Å²) in [5.41, 5.74) is 5.99. The summed E-state index contributed by atoms with van der Waals surface area (Å²) in [4.78, 5) is 16.3. The third kappa shape index (κ3) is 4.89. The molecule has 2 aromatic carbocycles. The van der Waals surface area contributed by atoms with Gasteiger partial charge >= 0.3 is 5.97 Å². The van der Waals surface area contributed by atoms with Gasteiger partial charge in [0.2, 0.25) is 0 Å². The van der Waals surface area contributed by atoms with Gasteiger partial charge in [0.15, 0.2) is 0 Å². The fourth-order valence-corrected chi connectivity index (χ4v) is 3.62. The lowest BCUT2D eigenvalue weighted by molar-refractivity contribution is 0.0526. The maximum atomic E-state index is 11.7. The lowest BCUT2D eigenvalue weighted by atomic mass is 10.0. The highest BCUT2D eigenvalue weighted by atomic mass is 32.1. The number of nitrogens with one attached hydrogen (secondary N) is 1. The Morgan fingerprint density at radius 3 is 2.66 bits per heavy atom. The second-order valence-electron chi connectivity index (χ2n) is 6.47. The van der Waals surface area contributed by atoms with Crippen molar-refractivity contribution >= 4 is 28.6 Å². The summed E-state index contributed by atoms with van der Waals surface area (Å²) in [7, 11) is 0. The lowest BCUT2D eigenvalue weighted by Crippen LogP contribution is -2.04. The van der Waals surface area contributed by atoms with Crippen molar-refractivity contribution < 1.29 is 9.53 Å². The largest absolute Gasteiger partial charge is 0.462 e. The van der Waals surface area contributed by atoms with E-state index < -0.39 is 0 Å². The predicted molar refractivity (Wildman–Crippen MR) is 117 cm³/mol. The number of hydrogen-bond acceptors (Lipinski definition) is 6. The number of aromatic nitrogens is 1. The highest BCUT2D eigenvalue weighted by Gasteiger charge is 2.11. The predicted octanol–water partition coefficient (Wildman–Crippen LogP) is 5.58. The molecule has 0 aliphatic heterocycles. The van der Waals surface area contributed by atoms with Crippen LogP contribution in [-0.4, -0.2) is 17.6 Å². The van der Waals surface area contributed by atoms with E-state index in [2.05, 4.69) is 48.4 Å². The van der Waals surface area contributed by atoms with Gasteiger partial charge < -0.3 is 10.1 Å². The van der Waals surface area contributed by atoms with Crippen molar-refractivity contribution in [2.24, 2.45) is 0 Å². The second-order valence-corrected chi connectivity index (χ2v) is 7.33. The van der Waals surface area contributed by atoms with Crippen molar-refractivity contribution in [2.45, 2.75) is 20.8 Å². The van der Waals surface area contributed by atoms with Crippen molar-refractivity contribution in [3.8, 4) is 17.3 Å². The molecule has 0 atom stereocenters. The average molecular weight is 404 g/mol. The molecule has 1 N–H and O–H groups in total. The third-order valence-electron chi connectivity index (χ3n) is 4.29. The Hall–Kier alpha value is -3.43. The number of ether oxygens (including phenoxy) is 1. The van der Waals surface area contributed by atoms with Crippen LogP contribution in [0.3, 0.4) is 0 Å². The van der Waals surface area contributed by atoms with Crippen LogP contribution in [0, 0.1) is 25.2 Å². The molecular weight excluding hydrogens is 382 g/mol. The minimum absolute atomic E-state index is 0.338. The molecule has 0 spiro atoms. The van der Waals surface area contributed by atoms with E-state index in [0.29, 0.717) is 22.8 Å². The van der Waals surface area contributed by atoms with Gasteiger partial charge in [-0.2, -0.15) is 5.26 Å². The number of esters is 1. The summed E-state index contributed by atoms with van der Waals surface area (Å²) in [6.45, 7) is 6.23. The number of allylic oxidation sites excluding steroid dienone is 1. The standard InChI is InChI=1S/C23H21N3O2S/c1-4-28-23(27)17-6-8-19(9-7-17)25-13-18(12-24)22-26-21(14-29-22)20-10-5-15(2)11-16(20)3/h5-11,13-14,25H,4H2,1-3H3/b18-13-. The van der Waals surface area contributed by atoms with Gasteiger partial charge in [0.1, 0.15) is 16.6 Å². The van der Waals surface area contributed by atoms with Gasteiger partial charge in [-0.3, -0.25) is 0 Å². The molecule has 5 nitrogen and oxygen atoms in total. The van der Waals surface area contributed by atoms with E-state index in [9.17, 15) is 10.1 Å². The van der Waals surface area contributed by atoms with Crippen LogP contribution in [0.25, 0.3) is 16.8 Å². The normalized spacial score (nSPS) is 11.0. The average Bonchev–Trinajstić information content (AvgIpc) is 3.19. The molecule has 1 heterocycles. The summed E-state index contributed by atoms with van der Waals surface area (Å²) in [6.07, 6.45) is 1.63. The zero-order chi connectivity index (χ0) is 20.8. The van der Waals surface area contributed by atoms with Gasteiger partial charge in [0.05, 0.1) is 17.9 Å². The summed E-state index contributed by atoms with van der Waals surface area (Å²) in [5.74, 6) is -0.353. The number of hydrogen-bond donors (Lipinski definition) is 1. The van der Waals surface area contributed by atoms with E-state index in [1.807, 2.05) is 5.38 Å². The van der Waals surface area contributed by atoms with Crippen LogP contribution in [0.2, 0.25) is 0 Å². The highest BCUT2D eigenvalue weighted by Crippen LogP contribution is 2.28. The van der Waals surface area contributed by atoms with E-state index in [0.717, 1.165) is 22.5 Å². The van der Waals surface area contributed by atoms with Crippen LogP contribution in [0.5, 0.6) is 0 Å². The van der Waals surface area contributed by atoms with Gasteiger partial charge in [-0.15, -0.1) is 11.3 Å². The van der Waals surface area contributed by atoms with Crippen LogP contribution >= 0.6 is 11.3 Å². The molecular formula is C23H21N3O2S. The van der Waals surface area contributed by atoms with E-state index in [4.69, 9.17) is 4.74 Å². The van der Waals surface area contributed by atoms with E-state index in [1.54, 1.807) is 37.4 Å². The summed E-state index contributed by atoms with van der Waals surface area (Å²) < 4.78 is 4.97. The summed E-state index contributed by atoms with van der Waals surface area (Å²) in [6, 6.07) is 15.3. The Bertz CT molecular complexity index is 1090. The number of anilines is 1. The zero-order valence-corrected chi connectivity index (χ0v) is 17.3. The zero-order valence-electron chi connectivity index (χ0n) is 16.5. The fraction of sp³-hybridized carbons (Fsp3) is 0.174. The number of carbonyl (C=O) groups excluding carboxylic acids is 1. The molecule has 0 amide bonds. The molecule has 0 saturated carbocycles. The molecule has 0 aliphatic carbocycles. The number of benzene rings is 2. The van der Waals surface area contributed by atoms with Gasteiger partial charge in [-0.1, -0.05) is 23.8 Å². The van der Waals surface area contributed by atoms with Crippen molar-refractivity contribution in [2.75, 3.05) is 11.9 Å². The Morgan fingerprint density at radius 2 is 2.00 bits per heavy atom. The van der Waals surface area contributed by atoms with Gasteiger partial charge in [-0.25, -0.2) is 9.78 Å². The number of thiazole rings is 1. The van der Waals surface area contributed by atoms with E-state index in [1.165, 1.54) is 16.9 Å². The molecule has 1 aromatic heterocycles.